The summed E-state index contributed by atoms with van der Waals surface area (Å²) in [6.07, 6.45) is 11.7. The molecule has 1 saturated heterocycles. The Hall–Kier alpha value is -1.62. The number of piperidine rings is 1. The number of rotatable bonds is 6. The Balaban J connectivity index is 1.53. The molecule has 0 aliphatic carbocycles. The predicted molar refractivity (Wildman–Crippen MR) is 88.8 cm³/mol. The molecule has 0 N–H and O–H groups in total. The van der Waals surface area contributed by atoms with Gasteiger partial charge in [0.2, 0.25) is 5.91 Å². The first-order valence-corrected chi connectivity index (χ1v) is 9.03. The van der Waals surface area contributed by atoms with Gasteiger partial charge in [0.25, 0.3) is 0 Å². The number of hydrogen-bond acceptors (Lipinski definition) is 3. The van der Waals surface area contributed by atoms with Crippen LogP contribution in [-0.4, -0.2) is 32.9 Å². The molecule has 1 aliphatic rings. The first-order valence-electron chi connectivity index (χ1n) is 8.09. The van der Waals surface area contributed by atoms with Gasteiger partial charge in [0.15, 0.2) is 0 Å². The SMILES string of the molecule is O=C(CCc1ccsc1)N1CCCC[C@@H]1CCn1ccnc1. The molecule has 0 aromatic carbocycles. The fourth-order valence-corrected chi connectivity index (χ4v) is 3.88. The first kappa shape index (κ1) is 15.3. The van der Waals surface area contributed by atoms with Crippen molar-refractivity contribution in [2.24, 2.45) is 0 Å². The first-order chi connectivity index (χ1) is 10.8. The number of carbonyl (C=O) groups is 1. The van der Waals surface area contributed by atoms with Crippen LogP contribution in [0.2, 0.25) is 0 Å². The summed E-state index contributed by atoms with van der Waals surface area (Å²) in [4.78, 5) is 18.8. The molecular formula is C17H23N3OS. The highest BCUT2D eigenvalue weighted by Crippen LogP contribution is 2.22. The molecule has 118 valence electrons. The third-order valence-electron chi connectivity index (χ3n) is 4.43. The van der Waals surface area contributed by atoms with Gasteiger partial charge in [0.1, 0.15) is 0 Å². The van der Waals surface area contributed by atoms with Gasteiger partial charge in [-0.05, 0) is 54.5 Å². The average Bonchev–Trinajstić information content (AvgIpc) is 3.24. The zero-order chi connectivity index (χ0) is 15.2. The number of imidazole rings is 1. The molecule has 1 fully saturated rings. The molecule has 2 aromatic heterocycles. The quantitative estimate of drug-likeness (QED) is 0.819. The van der Waals surface area contributed by atoms with Crippen LogP contribution in [0.4, 0.5) is 0 Å². The van der Waals surface area contributed by atoms with Crippen LogP contribution in [0, 0.1) is 0 Å². The fraction of sp³-hybridized carbons (Fsp3) is 0.529. The van der Waals surface area contributed by atoms with Crippen LogP contribution >= 0.6 is 11.3 Å². The lowest BCUT2D eigenvalue weighted by atomic mass is 9.98. The van der Waals surface area contributed by atoms with Crippen LogP contribution in [-0.2, 0) is 17.8 Å². The highest BCUT2D eigenvalue weighted by atomic mass is 32.1. The average molecular weight is 317 g/mol. The normalized spacial score (nSPS) is 18.5. The zero-order valence-electron chi connectivity index (χ0n) is 12.9. The summed E-state index contributed by atoms with van der Waals surface area (Å²) in [7, 11) is 0. The molecule has 0 spiro atoms. The van der Waals surface area contributed by atoms with Gasteiger partial charge in [-0.15, -0.1) is 0 Å². The van der Waals surface area contributed by atoms with E-state index in [1.165, 1.54) is 12.0 Å². The van der Waals surface area contributed by atoms with Crippen molar-refractivity contribution in [1.82, 2.24) is 14.5 Å². The maximum Gasteiger partial charge on any atom is 0.223 e. The summed E-state index contributed by atoms with van der Waals surface area (Å²) in [5.74, 6) is 0.321. The number of likely N-dealkylation sites (tertiary alicyclic amines) is 1. The lowest BCUT2D eigenvalue weighted by Gasteiger charge is -2.36. The van der Waals surface area contributed by atoms with E-state index in [-0.39, 0.29) is 0 Å². The van der Waals surface area contributed by atoms with Crippen LogP contribution in [0.5, 0.6) is 0 Å². The molecule has 0 unspecified atom stereocenters. The van der Waals surface area contributed by atoms with E-state index in [1.807, 2.05) is 18.7 Å². The molecule has 1 aliphatic heterocycles. The second-order valence-corrected chi connectivity index (χ2v) is 6.74. The molecule has 1 atom stereocenters. The Labute approximate surface area is 135 Å². The number of hydrogen-bond donors (Lipinski definition) is 0. The van der Waals surface area contributed by atoms with E-state index >= 15 is 0 Å². The number of aromatic nitrogens is 2. The van der Waals surface area contributed by atoms with Crippen LogP contribution < -0.4 is 0 Å². The molecule has 1 amide bonds. The van der Waals surface area contributed by atoms with Gasteiger partial charge in [-0.1, -0.05) is 0 Å². The van der Waals surface area contributed by atoms with Crippen molar-refractivity contribution in [3.63, 3.8) is 0 Å². The van der Waals surface area contributed by atoms with E-state index in [2.05, 4.69) is 31.3 Å². The van der Waals surface area contributed by atoms with Crippen molar-refractivity contribution >= 4 is 17.2 Å². The van der Waals surface area contributed by atoms with Crippen LogP contribution in [0.25, 0.3) is 0 Å². The third kappa shape index (κ3) is 3.97. The Morgan fingerprint density at radius 1 is 1.41 bits per heavy atom. The monoisotopic (exact) mass is 317 g/mol. The van der Waals surface area contributed by atoms with Gasteiger partial charge in [-0.3, -0.25) is 4.79 Å². The highest BCUT2D eigenvalue weighted by molar-refractivity contribution is 7.07. The largest absolute Gasteiger partial charge is 0.340 e. The lowest BCUT2D eigenvalue weighted by Crippen LogP contribution is -2.44. The number of aryl methyl sites for hydroxylation is 2. The fourth-order valence-electron chi connectivity index (χ4n) is 3.18. The predicted octanol–water partition coefficient (Wildman–Crippen LogP) is 3.35. The molecule has 4 nitrogen and oxygen atoms in total. The Morgan fingerprint density at radius 2 is 2.36 bits per heavy atom. The maximum absolute atomic E-state index is 12.6. The smallest absolute Gasteiger partial charge is 0.223 e. The van der Waals surface area contributed by atoms with Crippen molar-refractivity contribution in [2.75, 3.05) is 6.54 Å². The number of thiophene rings is 1. The minimum absolute atomic E-state index is 0.321. The summed E-state index contributed by atoms with van der Waals surface area (Å²) in [5, 5.41) is 4.22. The van der Waals surface area contributed by atoms with Crippen molar-refractivity contribution < 1.29 is 4.79 Å². The minimum Gasteiger partial charge on any atom is -0.340 e. The number of carbonyl (C=O) groups excluding carboxylic acids is 1. The molecule has 0 bridgehead atoms. The van der Waals surface area contributed by atoms with Gasteiger partial charge >= 0.3 is 0 Å². The second-order valence-electron chi connectivity index (χ2n) is 5.96. The molecule has 0 saturated carbocycles. The highest BCUT2D eigenvalue weighted by Gasteiger charge is 2.26. The summed E-state index contributed by atoms with van der Waals surface area (Å²) in [6, 6.07) is 2.51. The molecule has 5 heteroatoms. The van der Waals surface area contributed by atoms with Gasteiger partial charge < -0.3 is 9.47 Å². The summed E-state index contributed by atoms with van der Waals surface area (Å²) < 4.78 is 2.10. The molecular weight excluding hydrogens is 294 g/mol. The van der Waals surface area contributed by atoms with Gasteiger partial charge in [-0.25, -0.2) is 4.98 Å². The number of nitrogens with zero attached hydrogens (tertiary/aromatic N) is 3. The Kier molecular flexibility index (Phi) is 5.27. The van der Waals surface area contributed by atoms with E-state index < -0.39 is 0 Å². The van der Waals surface area contributed by atoms with Crippen molar-refractivity contribution in [2.45, 2.75) is 51.1 Å². The van der Waals surface area contributed by atoms with Crippen LogP contribution in [0.3, 0.4) is 0 Å². The van der Waals surface area contributed by atoms with Crippen molar-refractivity contribution in [3.05, 3.63) is 41.1 Å². The van der Waals surface area contributed by atoms with Crippen LogP contribution in [0.15, 0.2) is 35.5 Å². The molecule has 0 radical (unpaired) electrons. The lowest BCUT2D eigenvalue weighted by molar-refractivity contribution is -0.135. The molecule has 3 rings (SSSR count). The van der Waals surface area contributed by atoms with Gasteiger partial charge in [0, 0.05) is 37.9 Å². The van der Waals surface area contributed by atoms with E-state index in [1.54, 1.807) is 11.3 Å². The topological polar surface area (TPSA) is 38.1 Å². The third-order valence-corrected chi connectivity index (χ3v) is 5.17. The van der Waals surface area contributed by atoms with Gasteiger partial charge in [0.05, 0.1) is 6.33 Å². The standard InChI is InChI=1S/C17H23N3OS/c21-17(5-4-15-7-12-22-13-15)20-9-2-1-3-16(20)6-10-19-11-8-18-14-19/h7-8,11-14,16H,1-6,9-10H2/t16-/m1/s1. The molecule has 3 heterocycles. The minimum atomic E-state index is 0.321. The summed E-state index contributed by atoms with van der Waals surface area (Å²) in [6.45, 7) is 1.87. The van der Waals surface area contributed by atoms with E-state index in [0.29, 0.717) is 18.4 Å². The summed E-state index contributed by atoms with van der Waals surface area (Å²) >= 11 is 1.70. The maximum atomic E-state index is 12.6. The second kappa shape index (κ2) is 7.58. The van der Waals surface area contributed by atoms with Crippen molar-refractivity contribution in [3.8, 4) is 0 Å². The Morgan fingerprint density at radius 3 is 3.14 bits per heavy atom. The van der Waals surface area contributed by atoms with Crippen molar-refractivity contribution in [1.29, 1.82) is 0 Å². The Bertz CT molecular complexity index is 565. The molecule has 2 aromatic rings. The molecule has 22 heavy (non-hydrogen) atoms. The van der Waals surface area contributed by atoms with E-state index in [0.717, 1.165) is 38.8 Å². The van der Waals surface area contributed by atoms with E-state index in [4.69, 9.17) is 0 Å². The zero-order valence-corrected chi connectivity index (χ0v) is 13.7. The van der Waals surface area contributed by atoms with Crippen LogP contribution in [0.1, 0.15) is 37.7 Å². The number of amides is 1. The van der Waals surface area contributed by atoms with E-state index in [9.17, 15) is 4.79 Å². The van der Waals surface area contributed by atoms with Gasteiger partial charge in [-0.2, -0.15) is 11.3 Å². The summed E-state index contributed by atoms with van der Waals surface area (Å²) in [5.41, 5.74) is 1.28.